The first kappa shape index (κ1) is 31.9. The smallest absolute Gasteiger partial charge is 0.408 e. The Kier molecular flexibility index (Phi) is 10.3. The molecule has 4 atom stereocenters. The molecule has 4 amide bonds. The molecule has 1 spiro atoms. The highest BCUT2D eigenvalue weighted by molar-refractivity contribution is 7.87. The third-order valence-corrected chi connectivity index (χ3v) is 9.17. The fraction of sp³-hybridized carbons (Fsp3) is 0.778. The van der Waals surface area contributed by atoms with E-state index in [1.165, 1.54) is 18.0 Å². The number of hydrogen-bond donors (Lipinski definition) is 3. The largest absolute Gasteiger partial charge is 0.444 e. The number of nitrogens with one attached hydrogen (secondary N) is 3. The monoisotopic (exact) mass is 583 g/mol. The third-order valence-electron chi connectivity index (χ3n) is 7.73. The molecule has 2 heterocycles. The van der Waals surface area contributed by atoms with Crippen LogP contribution in [0.2, 0.25) is 0 Å². The third kappa shape index (κ3) is 7.96. The van der Waals surface area contributed by atoms with Crippen molar-refractivity contribution in [1.82, 2.24) is 24.6 Å². The fourth-order valence-electron chi connectivity index (χ4n) is 5.34. The average molecular weight is 584 g/mol. The Hall–Kier alpha value is -2.67. The summed E-state index contributed by atoms with van der Waals surface area (Å²) in [5.74, 6) is -2.18. The topological polar surface area (TPSA) is 154 Å². The van der Waals surface area contributed by atoms with Crippen molar-refractivity contribution in [2.75, 3.05) is 20.1 Å². The zero-order valence-electron chi connectivity index (χ0n) is 24.2. The van der Waals surface area contributed by atoms with Crippen LogP contribution >= 0.6 is 0 Å². The number of carbonyl (C=O) groups is 4. The van der Waals surface area contributed by atoms with Gasteiger partial charge in [-0.25, -0.2) is 9.52 Å². The van der Waals surface area contributed by atoms with Gasteiger partial charge in [0.1, 0.15) is 23.2 Å². The van der Waals surface area contributed by atoms with Gasteiger partial charge in [0, 0.05) is 26.1 Å². The highest BCUT2D eigenvalue weighted by Crippen LogP contribution is 2.45. The van der Waals surface area contributed by atoms with Crippen LogP contribution in [0.4, 0.5) is 4.79 Å². The molecule has 3 N–H and O–H groups in total. The number of ether oxygens (including phenoxy) is 1. The van der Waals surface area contributed by atoms with Crippen molar-refractivity contribution in [3.63, 3.8) is 0 Å². The number of hydrogen-bond acceptors (Lipinski definition) is 7. The van der Waals surface area contributed by atoms with E-state index in [4.69, 9.17) is 4.74 Å². The summed E-state index contributed by atoms with van der Waals surface area (Å²) in [6, 6.07) is -1.71. The van der Waals surface area contributed by atoms with E-state index in [9.17, 15) is 27.6 Å². The number of rotatable bonds is 2. The molecule has 0 aromatic heterocycles. The minimum atomic E-state index is -4.10. The Labute approximate surface area is 237 Å². The Balaban J connectivity index is 1.85. The Morgan fingerprint density at radius 1 is 1.05 bits per heavy atom. The van der Waals surface area contributed by atoms with Crippen molar-refractivity contribution < 1.29 is 32.3 Å². The molecule has 1 aliphatic carbocycles. The molecule has 3 rings (SSSR count). The van der Waals surface area contributed by atoms with Gasteiger partial charge >= 0.3 is 16.3 Å². The Morgan fingerprint density at radius 2 is 1.70 bits per heavy atom. The Bertz CT molecular complexity index is 1090. The Morgan fingerprint density at radius 3 is 2.33 bits per heavy atom. The van der Waals surface area contributed by atoms with E-state index in [-0.39, 0.29) is 18.9 Å². The number of fused-ring (bicyclic) bond motifs is 1. The van der Waals surface area contributed by atoms with E-state index in [0.717, 1.165) is 30.0 Å². The quantitative estimate of drug-likeness (QED) is 0.420. The van der Waals surface area contributed by atoms with E-state index < -0.39 is 57.3 Å². The summed E-state index contributed by atoms with van der Waals surface area (Å²) < 4.78 is 34.3. The van der Waals surface area contributed by atoms with Crippen molar-refractivity contribution in [2.24, 2.45) is 5.92 Å². The lowest BCUT2D eigenvalue weighted by molar-refractivity contribution is -0.141. The molecule has 226 valence electrons. The lowest BCUT2D eigenvalue weighted by Crippen LogP contribution is -2.59. The van der Waals surface area contributed by atoms with E-state index in [2.05, 4.69) is 21.9 Å². The van der Waals surface area contributed by atoms with Crippen LogP contribution in [0.3, 0.4) is 0 Å². The molecule has 0 radical (unpaired) electrons. The maximum absolute atomic E-state index is 13.7. The zero-order valence-corrected chi connectivity index (χ0v) is 25.0. The average Bonchev–Trinajstić information content (AvgIpc) is 3.34. The van der Waals surface area contributed by atoms with Gasteiger partial charge in [-0.2, -0.15) is 12.7 Å². The van der Waals surface area contributed by atoms with Crippen molar-refractivity contribution in [1.29, 1.82) is 0 Å². The molecule has 2 aliphatic heterocycles. The molecule has 13 heteroatoms. The summed E-state index contributed by atoms with van der Waals surface area (Å²) in [6.45, 7) is 9.52. The zero-order chi connectivity index (χ0) is 29.7. The van der Waals surface area contributed by atoms with Crippen LogP contribution in [0.25, 0.3) is 0 Å². The molecule has 12 nitrogen and oxygen atoms in total. The van der Waals surface area contributed by atoms with Gasteiger partial charge < -0.3 is 20.3 Å². The van der Waals surface area contributed by atoms with Gasteiger partial charge in [-0.1, -0.05) is 38.2 Å². The van der Waals surface area contributed by atoms with Gasteiger partial charge in [0.2, 0.25) is 11.8 Å². The number of alkyl carbamates (subject to hydrolysis) is 1. The van der Waals surface area contributed by atoms with Crippen LogP contribution < -0.4 is 15.4 Å². The minimum absolute atomic E-state index is 0.205. The van der Waals surface area contributed by atoms with Crippen LogP contribution in [-0.2, 0) is 29.3 Å². The lowest BCUT2D eigenvalue weighted by Gasteiger charge is -2.30. The highest BCUT2D eigenvalue weighted by Gasteiger charge is 2.61. The minimum Gasteiger partial charge on any atom is -0.444 e. The highest BCUT2D eigenvalue weighted by atomic mass is 32.2. The number of amides is 4. The van der Waals surface area contributed by atoms with Gasteiger partial charge in [-0.3, -0.25) is 14.4 Å². The van der Waals surface area contributed by atoms with E-state index >= 15 is 0 Å². The second-order valence-corrected chi connectivity index (χ2v) is 13.8. The molecule has 1 saturated carbocycles. The summed E-state index contributed by atoms with van der Waals surface area (Å²) in [5.41, 5.74) is -2.19. The fourth-order valence-corrected chi connectivity index (χ4v) is 6.29. The van der Waals surface area contributed by atoms with Gasteiger partial charge in [0.05, 0.1) is 0 Å². The summed E-state index contributed by atoms with van der Waals surface area (Å²) in [5, 5.41) is 5.47. The van der Waals surface area contributed by atoms with Crippen molar-refractivity contribution >= 4 is 34.0 Å². The second-order valence-electron chi connectivity index (χ2n) is 12.1. The molecule has 40 heavy (non-hydrogen) atoms. The molecule has 3 aliphatic rings. The molecule has 0 bridgehead atoms. The first-order valence-corrected chi connectivity index (χ1v) is 15.7. The van der Waals surface area contributed by atoms with E-state index in [0.29, 0.717) is 38.6 Å². The molecule has 0 aromatic rings. The maximum Gasteiger partial charge on any atom is 0.408 e. The van der Waals surface area contributed by atoms with Crippen molar-refractivity contribution in [3.05, 3.63) is 12.7 Å². The summed E-state index contributed by atoms with van der Waals surface area (Å²) in [7, 11) is -2.68. The molecular weight excluding hydrogens is 538 g/mol. The van der Waals surface area contributed by atoms with Gasteiger partial charge in [-0.15, -0.1) is 6.58 Å². The molecule has 0 aromatic carbocycles. The molecule has 0 unspecified atom stereocenters. The lowest BCUT2D eigenvalue weighted by atomic mass is 10.0. The number of carbonyl (C=O) groups excluding carboxylic acids is 4. The predicted octanol–water partition coefficient (Wildman–Crippen LogP) is 1.97. The van der Waals surface area contributed by atoms with Crippen LogP contribution in [0.5, 0.6) is 0 Å². The standard InChI is InChI=1S/C27H45N5O7S/c1-6-19-18-27(19)24(35)30-40(37,38)31(5)16-12-10-8-7-9-11-14-20(28-25(36)39-26(2,3)4)23(34)32-17-13-15-21(32)22(33)29-27/h6,19-21H,1,7-18H2,2-5H3,(H,28,36)(H,29,33)(H,30,35)/t19-,20+,21+,27-/m1/s1. The van der Waals surface area contributed by atoms with Crippen LogP contribution in [0.1, 0.15) is 85.0 Å². The van der Waals surface area contributed by atoms with E-state index in [1.807, 2.05) is 0 Å². The first-order valence-electron chi connectivity index (χ1n) is 14.2. The second kappa shape index (κ2) is 12.9. The number of nitrogens with zero attached hydrogens (tertiary/aromatic N) is 2. The first-order chi connectivity index (χ1) is 18.7. The van der Waals surface area contributed by atoms with Crippen LogP contribution in [0.15, 0.2) is 12.7 Å². The van der Waals surface area contributed by atoms with Crippen molar-refractivity contribution in [2.45, 2.75) is 108 Å². The summed E-state index contributed by atoms with van der Waals surface area (Å²) >= 11 is 0. The molecular formula is C27H45N5O7S. The molecule has 2 saturated heterocycles. The predicted molar refractivity (Wildman–Crippen MR) is 149 cm³/mol. The van der Waals surface area contributed by atoms with E-state index in [1.54, 1.807) is 20.8 Å². The van der Waals surface area contributed by atoms with Gasteiger partial charge in [-0.05, 0) is 52.9 Å². The van der Waals surface area contributed by atoms with Gasteiger partial charge in [0.25, 0.3) is 5.91 Å². The SMILES string of the molecule is C=C[C@@H]1C[C@@]12NC(=O)[C@@H]1CCCN1C(=O)[C@@H](NC(=O)OC(C)(C)C)CCCCCCCCN(C)S(=O)(=O)NC2=O. The van der Waals surface area contributed by atoms with Gasteiger partial charge in [0.15, 0.2) is 0 Å². The van der Waals surface area contributed by atoms with Crippen molar-refractivity contribution in [3.8, 4) is 0 Å². The summed E-state index contributed by atoms with van der Waals surface area (Å²) in [4.78, 5) is 54.4. The maximum atomic E-state index is 13.7. The van der Waals surface area contributed by atoms with Crippen LogP contribution in [0, 0.1) is 5.92 Å². The van der Waals surface area contributed by atoms with Crippen LogP contribution in [-0.4, -0.2) is 84.8 Å². The normalized spacial score (nSPS) is 31.1. The molecule has 3 fully saturated rings. The summed E-state index contributed by atoms with van der Waals surface area (Å²) in [6.07, 6.45) is 7.11.